The van der Waals surface area contributed by atoms with Crippen molar-refractivity contribution in [1.82, 2.24) is 5.32 Å². The smallest absolute Gasteiger partial charge is 0.123 e. The predicted octanol–water partition coefficient (Wildman–Crippen LogP) is 5.25. The molecule has 2 aromatic carbocycles. The van der Waals surface area contributed by atoms with Gasteiger partial charge in [-0.1, -0.05) is 68.7 Å². The Morgan fingerprint density at radius 1 is 1.00 bits per heavy atom. The fourth-order valence-corrected chi connectivity index (χ4v) is 3.28. The molecule has 1 atom stereocenters. The molecule has 0 aromatic heterocycles. The van der Waals surface area contributed by atoms with E-state index in [0.29, 0.717) is 6.04 Å². The zero-order valence-corrected chi connectivity index (χ0v) is 15.3. The second-order valence-electron chi connectivity index (χ2n) is 6.38. The van der Waals surface area contributed by atoms with Gasteiger partial charge < -0.3 is 10.1 Å². The number of ether oxygens (including phenoxy) is 1. The molecule has 0 aliphatic carbocycles. The molecular weight excluding hydrogens is 318 g/mol. The summed E-state index contributed by atoms with van der Waals surface area (Å²) in [7, 11) is 0. The van der Waals surface area contributed by atoms with Crippen LogP contribution in [-0.2, 0) is 6.42 Å². The summed E-state index contributed by atoms with van der Waals surface area (Å²) in [6.45, 7) is 4.13. The van der Waals surface area contributed by atoms with Gasteiger partial charge in [0.15, 0.2) is 0 Å². The monoisotopic (exact) mass is 345 g/mol. The Balaban J connectivity index is 0.00000208. The number of rotatable bonds is 7. The highest BCUT2D eigenvalue weighted by atomic mass is 35.5. The third kappa shape index (κ3) is 4.75. The minimum atomic E-state index is 0. The number of hydrogen-bond acceptors (Lipinski definition) is 2. The lowest BCUT2D eigenvalue weighted by molar-refractivity contribution is 0.239. The minimum absolute atomic E-state index is 0. The van der Waals surface area contributed by atoms with E-state index in [-0.39, 0.29) is 12.4 Å². The van der Waals surface area contributed by atoms with Crippen LogP contribution in [-0.4, -0.2) is 19.2 Å². The average Bonchev–Trinajstić information content (AvgIpc) is 2.62. The quantitative estimate of drug-likeness (QED) is 0.692. The Morgan fingerprint density at radius 3 is 2.62 bits per heavy atom. The number of hydrogen-bond donors (Lipinski definition) is 1. The first-order valence-corrected chi connectivity index (χ1v) is 8.92. The summed E-state index contributed by atoms with van der Waals surface area (Å²) < 4.78 is 6.01. The van der Waals surface area contributed by atoms with Gasteiger partial charge in [0.25, 0.3) is 0 Å². The largest absolute Gasteiger partial charge is 0.492 e. The molecule has 0 amide bonds. The minimum Gasteiger partial charge on any atom is -0.492 e. The van der Waals surface area contributed by atoms with Crippen LogP contribution in [0.15, 0.2) is 48.5 Å². The molecule has 2 nitrogen and oxygen atoms in total. The van der Waals surface area contributed by atoms with Gasteiger partial charge >= 0.3 is 0 Å². The summed E-state index contributed by atoms with van der Waals surface area (Å²) in [5, 5.41) is 3.68. The molecular formula is C21H28ClNO. The fraction of sp³-hybridized carbons (Fsp3) is 0.429. The molecule has 1 N–H and O–H groups in total. The predicted molar refractivity (Wildman–Crippen MR) is 104 cm³/mol. The van der Waals surface area contributed by atoms with Gasteiger partial charge in [-0.15, -0.1) is 12.4 Å². The van der Waals surface area contributed by atoms with Gasteiger partial charge in [-0.05, 0) is 36.6 Å². The summed E-state index contributed by atoms with van der Waals surface area (Å²) in [5.41, 5.74) is 3.92. The van der Waals surface area contributed by atoms with E-state index in [1.165, 1.54) is 42.4 Å². The van der Waals surface area contributed by atoms with Gasteiger partial charge in [-0.25, -0.2) is 0 Å². The van der Waals surface area contributed by atoms with Gasteiger partial charge in [0.1, 0.15) is 12.4 Å². The highest BCUT2D eigenvalue weighted by Gasteiger charge is 2.22. The second-order valence-corrected chi connectivity index (χ2v) is 6.38. The molecule has 24 heavy (non-hydrogen) atoms. The van der Waals surface area contributed by atoms with Crippen LogP contribution >= 0.6 is 12.4 Å². The van der Waals surface area contributed by atoms with Crippen molar-refractivity contribution in [1.29, 1.82) is 0 Å². The molecule has 130 valence electrons. The van der Waals surface area contributed by atoms with E-state index >= 15 is 0 Å². The third-order valence-corrected chi connectivity index (χ3v) is 4.57. The van der Waals surface area contributed by atoms with Crippen molar-refractivity contribution in [3.8, 4) is 16.9 Å². The molecule has 1 aliphatic heterocycles. The number of benzene rings is 2. The van der Waals surface area contributed by atoms with Crippen LogP contribution in [0.2, 0.25) is 0 Å². The Morgan fingerprint density at radius 2 is 1.83 bits per heavy atom. The summed E-state index contributed by atoms with van der Waals surface area (Å²) in [4.78, 5) is 0. The van der Waals surface area contributed by atoms with E-state index in [4.69, 9.17) is 4.74 Å². The number of fused-ring (bicyclic) bond motifs is 1. The lowest BCUT2D eigenvalue weighted by Crippen LogP contribution is -2.39. The van der Waals surface area contributed by atoms with Crippen molar-refractivity contribution in [3.05, 3.63) is 54.1 Å². The molecule has 0 fully saturated rings. The molecule has 0 radical (unpaired) electrons. The van der Waals surface area contributed by atoms with Crippen molar-refractivity contribution in [3.63, 3.8) is 0 Å². The maximum atomic E-state index is 6.01. The van der Waals surface area contributed by atoms with Crippen LogP contribution in [0.25, 0.3) is 11.1 Å². The van der Waals surface area contributed by atoms with Gasteiger partial charge in [0.05, 0.1) is 0 Å². The average molecular weight is 346 g/mol. The molecule has 0 saturated heterocycles. The Bertz CT molecular complexity index is 614. The normalized spacial score (nSPS) is 16.0. The Labute approximate surface area is 152 Å². The zero-order chi connectivity index (χ0) is 15.9. The van der Waals surface area contributed by atoms with Crippen LogP contribution in [0, 0.1) is 0 Å². The van der Waals surface area contributed by atoms with E-state index in [2.05, 4.69) is 60.8 Å². The molecule has 1 unspecified atom stereocenters. The molecule has 3 heteroatoms. The van der Waals surface area contributed by atoms with Gasteiger partial charge in [0.2, 0.25) is 0 Å². The number of halogens is 1. The molecule has 1 heterocycles. The Kier molecular flexibility index (Phi) is 7.61. The number of unbranched alkanes of at least 4 members (excludes halogenated alkanes) is 3. The first-order chi connectivity index (χ1) is 11.4. The van der Waals surface area contributed by atoms with Crippen LogP contribution in [0.3, 0.4) is 0 Å². The first-order valence-electron chi connectivity index (χ1n) is 8.92. The lowest BCUT2D eigenvalue weighted by Gasteiger charge is -2.28. The summed E-state index contributed by atoms with van der Waals surface area (Å²) in [5.74, 6) is 1.05. The SMILES string of the molecule is CCCCCCNC1COc2cccc(-c3ccccc3)c2C1.Cl. The molecule has 3 rings (SSSR count). The maximum Gasteiger partial charge on any atom is 0.123 e. The van der Waals surface area contributed by atoms with Crippen LogP contribution in [0.1, 0.15) is 38.2 Å². The van der Waals surface area contributed by atoms with Crippen molar-refractivity contribution in [2.45, 2.75) is 45.1 Å². The van der Waals surface area contributed by atoms with Crippen molar-refractivity contribution < 1.29 is 4.74 Å². The van der Waals surface area contributed by atoms with E-state index in [1.54, 1.807) is 0 Å². The number of nitrogens with one attached hydrogen (secondary N) is 1. The van der Waals surface area contributed by atoms with Crippen LogP contribution in [0.4, 0.5) is 0 Å². The van der Waals surface area contributed by atoms with E-state index in [9.17, 15) is 0 Å². The summed E-state index contributed by atoms with van der Waals surface area (Å²) in [6, 6.07) is 17.4. The van der Waals surface area contributed by atoms with E-state index in [0.717, 1.165) is 25.3 Å². The van der Waals surface area contributed by atoms with Crippen molar-refractivity contribution in [2.24, 2.45) is 0 Å². The standard InChI is InChI=1S/C21H27NO.ClH/c1-2-3-4-8-14-22-18-15-20-19(17-10-6-5-7-11-17)12-9-13-21(20)23-16-18;/h5-7,9-13,18,22H,2-4,8,14-16H2,1H3;1H. The molecule has 2 aromatic rings. The first kappa shape index (κ1) is 18.8. The Hall–Kier alpha value is -1.51. The van der Waals surface area contributed by atoms with Gasteiger partial charge in [-0.2, -0.15) is 0 Å². The van der Waals surface area contributed by atoms with Gasteiger partial charge in [-0.3, -0.25) is 0 Å². The van der Waals surface area contributed by atoms with E-state index < -0.39 is 0 Å². The van der Waals surface area contributed by atoms with Crippen molar-refractivity contribution >= 4 is 12.4 Å². The molecule has 1 aliphatic rings. The molecule has 0 bridgehead atoms. The van der Waals surface area contributed by atoms with Crippen LogP contribution in [0.5, 0.6) is 5.75 Å². The zero-order valence-electron chi connectivity index (χ0n) is 14.5. The summed E-state index contributed by atoms with van der Waals surface area (Å²) in [6.07, 6.45) is 6.26. The fourth-order valence-electron chi connectivity index (χ4n) is 3.28. The third-order valence-electron chi connectivity index (χ3n) is 4.57. The second kappa shape index (κ2) is 9.71. The van der Waals surface area contributed by atoms with Crippen molar-refractivity contribution in [2.75, 3.05) is 13.2 Å². The molecule has 0 saturated carbocycles. The molecule has 0 spiro atoms. The van der Waals surface area contributed by atoms with Gasteiger partial charge in [0, 0.05) is 11.6 Å². The van der Waals surface area contributed by atoms with E-state index in [1.807, 2.05) is 0 Å². The highest BCUT2D eigenvalue weighted by Crippen LogP contribution is 2.34. The highest BCUT2D eigenvalue weighted by molar-refractivity contribution is 5.85. The summed E-state index contributed by atoms with van der Waals surface area (Å²) >= 11 is 0. The lowest BCUT2D eigenvalue weighted by atomic mass is 9.93. The topological polar surface area (TPSA) is 21.3 Å². The maximum absolute atomic E-state index is 6.01. The van der Waals surface area contributed by atoms with Crippen LogP contribution < -0.4 is 10.1 Å².